The molecule has 1 atom stereocenters. The maximum Gasteiger partial charge on any atom is 0.0538 e. The molecule has 0 radical (unpaired) electrons. The number of rotatable bonds is 8. The highest BCUT2D eigenvalue weighted by atomic mass is 16.3. The first-order chi connectivity index (χ1) is 8.26. The zero-order chi connectivity index (χ0) is 12.5. The molecule has 1 unspecified atom stereocenters. The van der Waals surface area contributed by atoms with E-state index >= 15 is 0 Å². The largest absolute Gasteiger partial charge is 0.393 e. The maximum atomic E-state index is 9.51. The molecule has 3 nitrogen and oxygen atoms in total. The van der Waals surface area contributed by atoms with Gasteiger partial charge in [0.2, 0.25) is 0 Å². The minimum atomic E-state index is -0.130. The number of aliphatic hydroxyl groups excluding tert-OH is 1. The van der Waals surface area contributed by atoms with E-state index in [0.717, 1.165) is 38.9 Å². The molecule has 1 aromatic heterocycles. The zero-order valence-electron chi connectivity index (χ0n) is 11.0. The SMILES string of the molecule is CCC(O)CCCN(CC)Cc1ccncc1. The van der Waals surface area contributed by atoms with Crippen LogP contribution in [-0.2, 0) is 6.54 Å². The summed E-state index contributed by atoms with van der Waals surface area (Å²) in [5.41, 5.74) is 1.30. The van der Waals surface area contributed by atoms with Crippen LogP contribution in [0.1, 0.15) is 38.7 Å². The van der Waals surface area contributed by atoms with Crippen molar-refractivity contribution in [3.8, 4) is 0 Å². The number of aromatic nitrogens is 1. The number of nitrogens with zero attached hydrogens (tertiary/aromatic N) is 2. The Labute approximate surface area is 104 Å². The third kappa shape index (κ3) is 5.80. The lowest BCUT2D eigenvalue weighted by Crippen LogP contribution is -2.24. The summed E-state index contributed by atoms with van der Waals surface area (Å²) in [5.74, 6) is 0. The van der Waals surface area contributed by atoms with E-state index < -0.39 is 0 Å². The summed E-state index contributed by atoms with van der Waals surface area (Å²) in [6, 6.07) is 4.12. The molecule has 0 aromatic carbocycles. The minimum absolute atomic E-state index is 0.130. The first-order valence-corrected chi connectivity index (χ1v) is 6.55. The van der Waals surface area contributed by atoms with Crippen molar-refractivity contribution in [3.63, 3.8) is 0 Å². The van der Waals surface area contributed by atoms with Crippen LogP contribution in [0.3, 0.4) is 0 Å². The van der Waals surface area contributed by atoms with Gasteiger partial charge in [0.1, 0.15) is 0 Å². The second-order valence-corrected chi connectivity index (χ2v) is 4.43. The Balaban J connectivity index is 2.29. The summed E-state index contributed by atoms with van der Waals surface area (Å²) in [6.45, 7) is 7.28. The third-order valence-corrected chi connectivity index (χ3v) is 3.09. The average Bonchev–Trinajstić information content (AvgIpc) is 2.38. The van der Waals surface area contributed by atoms with Gasteiger partial charge in [-0.25, -0.2) is 0 Å². The quantitative estimate of drug-likeness (QED) is 0.753. The van der Waals surface area contributed by atoms with Gasteiger partial charge in [0.15, 0.2) is 0 Å². The lowest BCUT2D eigenvalue weighted by atomic mass is 10.1. The molecule has 3 heteroatoms. The van der Waals surface area contributed by atoms with Gasteiger partial charge >= 0.3 is 0 Å². The molecule has 0 amide bonds. The molecular formula is C14H24N2O. The summed E-state index contributed by atoms with van der Waals surface area (Å²) in [7, 11) is 0. The Morgan fingerprint density at radius 1 is 1.29 bits per heavy atom. The standard InChI is InChI=1S/C14H24N2O/c1-3-14(17)6-5-11-16(4-2)12-13-7-9-15-10-8-13/h7-10,14,17H,3-6,11-12H2,1-2H3. The van der Waals surface area contributed by atoms with Gasteiger partial charge in [-0.15, -0.1) is 0 Å². The molecule has 0 spiro atoms. The highest BCUT2D eigenvalue weighted by Crippen LogP contribution is 2.06. The second-order valence-electron chi connectivity index (χ2n) is 4.43. The topological polar surface area (TPSA) is 36.4 Å². The zero-order valence-corrected chi connectivity index (χ0v) is 11.0. The molecule has 96 valence electrons. The van der Waals surface area contributed by atoms with Crippen molar-refractivity contribution >= 4 is 0 Å². The molecule has 17 heavy (non-hydrogen) atoms. The van der Waals surface area contributed by atoms with Crippen LogP contribution in [0.2, 0.25) is 0 Å². The Hall–Kier alpha value is -0.930. The molecule has 0 fully saturated rings. The number of pyridine rings is 1. The third-order valence-electron chi connectivity index (χ3n) is 3.09. The van der Waals surface area contributed by atoms with Crippen LogP contribution in [0, 0.1) is 0 Å². The summed E-state index contributed by atoms with van der Waals surface area (Å²) >= 11 is 0. The van der Waals surface area contributed by atoms with Gasteiger partial charge in [0, 0.05) is 18.9 Å². The summed E-state index contributed by atoms with van der Waals surface area (Å²) in [5, 5.41) is 9.51. The summed E-state index contributed by atoms with van der Waals surface area (Å²) in [4.78, 5) is 6.42. The van der Waals surface area contributed by atoms with Gasteiger partial charge < -0.3 is 5.11 Å². The maximum absolute atomic E-state index is 9.51. The van der Waals surface area contributed by atoms with E-state index in [4.69, 9.17) is 0 Å². The number of hydrogen-bond acceptors (Lipinski definition) is 3. The first-order valence-electron chi connectivity index (χ1n) is 6.55. The van der Waals surface area contributed by atoms with Crippen LogP contribution in [0.25, 0.3) is 0 Å². The molecule has 1 aromatic rings. The van der Waals surface area contributed by atoms with E-state index in [1.54, 1.807) is 0 Å². The number of aliphatic hydroxyl groups is 1. The van der Waals surface area contributed by atoms with Crippen LogP contribution in [-0.4, -0.2) is 34.2 Å². The van der Waals surface area contributed by atoms with Crippen molar-refractivity contribution in [2.75, 3.05) is 13.1 Å². The Morgan fingerprint density at radius 2 is 2.00 bits per heavy atom. The lowest BCUT2D eigenvalue weighted by molar-refractivity contribution is 0.149. The normalized spacial score (nSPS) is 12.9. The van der Waals surface area contributed by atoms with Gasteiger partial charge in [-0.1, -0.05) is 13.8 Å². The van der Waals surface area contributed by atoms with Crippen LogP contribution in [0.5, 0.6) is 0 Å². The Morgan fingerprint density at radius 3 is 2.59 bits per heavy atom. The van der Waals surface area contributed by atoms with Crippen LogP contribution in [0.4, 0.5) is 0 Å². The van der Waals surface area contributed by atoms with Crippen molar-refractivity contribution in [1.82, 2.24) is 9.88 Å². The fraction of sp³-hybridized carbons (Fsp3) is 0.643. The van der Waals surface area contributed by atoms with Crippen molar-refractivity contribution in [1.29, 1.82) is 0 Å². The molecule has 1 N–H and O–H groups in total. The van der Waals surface area contributed by atoms with Crippen molar-refractivity contribution in [2.45, 2.75) is 45.8 Å². The monoisotopic (exact) mass is 236 g/mol. The molecule has 0 aliphatic carbocycles. The van der Waals surface area contributed by atoms with Gasteiger partial charge in [0.25, 0.3) is 0 Å². The van der Waals surface area contributed by atoms with Crippen LogP contribution >= 0.6 is 0 Å². The molecule has 0 saturated carbocycles. The van der Waals surface area contributed by atoms with Crippen LogP contribution in [0.15, 0.2) is 24.5 Å². The van der Waals surface area contributed by atoms with Crippen molar-refractivity contribution in [3.05, 3.63) is 30.1 Å². The predicted octanol–water partition coefficient (Wildman–Crippen LogP) is 2.45. The van der Waals surface area contributed by atoms with Gasteiger partial charge in [-0.3, -0.25) is 9.88 Å². The Kier molecular flexibility index (Phi) is 6.82. The number of hydrogen-bond donors (Lipinski definition) is 1. The highest BCUT2D eigenvalue weighted by Gasteiger charge is 2.05. The fourth-order valence-electron chi connectivity index (χ4n) is 1.85. The van der Waals surface area contributed by atoms with E-state index in [0.29, 0.717) is 0 Å². The molecule has 0 aliphatic heterocycles. The molecule has 0 bridgehead atoms. The van der Waals surface area contributed by atoms with Gasteiger partial charge in [-0.2, -0.15) is 0 Å². The van der Waals surface area contributed by atoms with Gasteiger partial charge in [-0.05, 0) is 50.0 Å². The molecule has 1 heterocycles. The molecule has 0 saturated heterocycles. The summed E-state index contributed by atoms with van der Waals surface area (Å²) < 4.78 is 0. The van der Waals surface area contributed by atoms with E-state index in [1.165, 1.54) is 5.56 Å². The fourth-order valence-corrected chi connectivity index (χ4v) is 1.85. The Bertz CT molecular complexity index is 290. The van der Waals surface area contributed by atoms with E-state index in [1.807, 2.05) is 19.3 Å². The molecular weight excluding hydrogens is 212 g/mol. The minimum Gasteiger partial charge on any atom is -0.393 e. The predicted molar refractivity (Wildman–Crippen MR) is 70.7 cm³/mol. The highest BCUT2D eigenvalue weighted by molar-refractivity contribution is 5.09. The smallest absolute Gasteiger partial charge is 0.0538 e. The second kappa shape index (κ2) is 8.20. The van der Waals surface area contributed by atoms with Crippen LogP contribution < -0.4 is 0 Å². The van der Waals surface area contributed by atoms with E-state index in [-0.39, 0.29) is 6.10 Å². The molecule has 1 rings (SSSR count). The van der Waals surface area contributed by atoms with Crippen molar-refractivity contribution < 1.29 is 5.11 Å². The van der Waals surface area contributed by atoms with Crippen molar-refractivity contribution in [2.24, 2.45) is 0 Å². The lowest BCUT2D eigenvalue weighted by Gasteiger charge is -2.20. The summed E-state index contributed by atoms with van der Waals surface area (Å²) in [6.07, 6.45) is 6.37. The van der Waals surface area contributed by atoms with Gasteiger partial charge in [0.05, 0.1) is 6.10 Å². The van der Waals surface area contributed by atoms with E-state index in [9.17, 15) is 5.11 Å². The average molecular weight is 236 g/mol. The van der Waals surface area contributed by atoms with E-state index in [2.05, 4.69) is 28.9 Å². The first kappa shape index (κ1) is 14.1. The molecule has 0 aliphatic rings.